The number of fused-ring (bicyclic) bond motifs is 1. The first-order valence-corrected chi connectivity index (χ1v) is 8.39. The Labute approximate surface area is 133 Å². The predicted octanol–water partition coefficient (Wildman–Crippen LogP) is 3.98. The van der Waals surface area contributed by atoms with E-state index in [0.717, 1.165) is 42.6 Å². The SMILES string of the molecule is CCCCn1c(CNCCC(C)C)nc2cc(OC)ccc21. The van der Waals surface area contributed by atoms with E-state index in [9.17, 15) is 0 Å². The van der Waals surface area contributed by atoms with Crippen LogP contribution in [0.1, 0.15) is 45.9 Å². The fourth-order valence-electron chi connectivity index (χ4n) is 2.58. The molecule has 0 aliphatic rings. The number of ether oxygens (including phenoxy) is 1. The average Bonchev–Trinajstić information content (AvgIpc) is 2.85. The summed E-state index contributed by atoms with van der Waals surface area (Å²) in [7, 11) is 1.70. The van der Waals surface area contributed by atoms with Crippen molar-refractivity contribution in [3.8, 4) is 5.75 Å². The number of rotatable bonds is 9. The number of aromatic nitrogens is 2. The maximum Gasteiger partial charge on any atom is 0.123 e. The number of imidazole rings is 1. The van der Waals surface area contributed by atoms with Crippen LogP contribution in [0.2, 0.25) is 0 Å². The highest BCUT2D eigenvalue weighted by Crippen LogP contribution is 2.22. The Balaban J connectivity index is 2.18. The Morgan fingerprint density at radius 2 is 2.14 bits per heavy atom. The van der Waals surface area contributed by atoms with Gasteiger partial charge in [0.25, 0.3) is 0 Å². The third-order valence-electron chi connectivity index (χ3n) is 3.95. The number of hydrogen-bond donors (Lipinski definition) is 1. The van der Waals surface area contributed by atoms with Gasteiger partial charge in [-0.2, -0.15) is 0 Å². The smallest absolute Gasteiger partial charge is 0.123 e. The fourth-order valence-corrected chi connectivity index (χ4v) is 2.58. The fraction of sp³-hybridized carbons (Fsp3) is 0.611. The van der Waals surface area contributed by atoms with E-state index in [1.165, 1.54) is 24.8 Å². The highest BCUT2D eigenvalue weighted by Gasteiger charge is 2.11. The van der Waals surface area contributed by atoms with Gasteiger partial charge in [0.2, 0.25) is 0 Å². The van der Waals surface area contributed by atoms with Crippen LogP contribution in [0.3, 0.4) is 0 Å². The van der Waals surface area contributed by atoms with Gasteiger partial charge in [0, 0.05) is 12.6 Å². The van der Waals surface area contributed by atoms with Crippen molar-refractivity contribution in [2.45, 2.75) is 53.1 Å². The lowest BCUT2D eigenvalue weighted by Crippen LogP contribution is -2.19. The van der Waals surface area contributed by atoms with Crippen LogP contribution in [0.25, 0.3) is 11.0 Å². The molecular formula is C18H29N3O. The lowest BCUT2D eigenvalue weighted by atomic mass is 10.1. The standard InChI is InChI=1S/C18H29N3O/c1-5-6-11-21-17-8-7-15(22-4)12-16(17)20-18(21)13-19-10-9-14(2)3/h7-8,12,14,19H,5-6,9-11,13H2,1-4H3. The van der Waals surface area contributed by atoms with Crippen molar-refractivity contribution in [1.29, 1.82) is 0 Å². The van der Waals surface area contributed by atoms with Gasteiger partial charge in [0.15, 0.2) is 0 Å². The largest absolute Gasteiger partial charge is 0.497 e. The summed E-state index contributed by atoms with van der Waals surface area (Å²) in [6.45, 7) is 9.63. The first-order chi connectivity index (χ1) is 10.7. The first-order valence-electron chi connectivity index (χ1n) is 8.39. The van der Waals surface area contributed by atoms with Crippen molar-refractivity contribution in [3.63, 3.8) is 0 Å². The Bertz CT molecular complexity index is 589. The van der Waals surface area contributed by atoms with E-state index in [4.69, 9.17) is 9.72 Å². The molecule has 0 aliphatic heterocycles. The topological polar surface area (TPSA) is 39.1 Å². The van der Waals surface area contributed by atoms with E-state index in [-0.39, 0.29) is 0 Å². The third kappa shape index (κ3) is 4.23. The van der Waals surface area contributed by atoms with Crippen LogP contribution in [0, 0.1) is 5.92 Å². The van der Waals surface area contributed by atoms with Gasteiger partial charge in [-0.25, -0.2) is 4.98 Å². The summed E-state index contributed by atoms with van der Waals surface area (Å²) < 4.78 is 7.66. The summed E-state index contributed by atoms with van der Waals surface area (Å²) in [5, 5.41) is 3.52. The summed E-state index contributed by atoms with van der Waals surface area (Å²) in [5.74, 6) is 2.73. The molecule has 0 saturated carbocycles. The van der Waals surface area contributed by atoms with Gasteiger partial charge in [0.1, 0.15) is 11.6 Å². The molecule has 2 aromatic rings. The molecule has 0 bridgehead atoms. The molecule has 2 rings (SSSR count). The third-order valence-corrected chi connectivity index (χ3v) is 3.95. The molecule has 1 aromatic carbocycles. The molecule has 0 amide bonds. The molecule has 0 radical (unpaired) electrons. The van der Waals surface area contributed by atoms with Gasteiger partial charge in [-0.05, 0) is 37.4 Å². The van der Waals surface area contributed by atoms with Crippen LogP contribution in [-0.2, 0) is 13.1 Å². The summed E-state index contributed by atoms with van der Waals surface area (Å²) in [6, 6.07) is 6.16. The highest BCUT2D eigenvalue weighted by molar-refractivity contribution is 5.77. The van der Waals surface area contributed by atoms with Gasteiger partial charge >= 0.3 is 0 Å². The second-order valence-electron chi connectivity index (χ2n) is 6.25. The molecule has 1 aromatic heterocycles. The van der Waals surface area contributed by atoms with Crippen molar-refractivity contribution in [2.75, 3.05) is 13.7 Å². The van der Waals surface area contributed by atoms with Crippen molar-refractivity contribution in [2.24, 2.45) is 5.92 Å². The molecule has 0 spiro atoms. The van der Waals surface area contributed by atoms with Gasteiger partial charge in [0.05, 0.1) is 24.7 Å². The number of benzene rings is 1. The first kappa shape index (κ1) is 16.8. The zero-order chi connectivity index (χ0) is 15.9. The van der Waals surface area contributed by atoms with Crippen LogP contribution < -0.4 is 10.1 Å². The van der Waals surface area contributed by atoms with Crippen molar-refractivity contribution < 1.29 is 4.74 Å². The van der Waals surface area contributed by atoms with Gasteiger partial charge < -0.3 is 14.6 Å². The summed E-state index contributed by atoms with van der Waals surface area (Å²) in [4.78, 5) is 4.81. The second kappa shape index (κ2) is 8.18. The zero-order valence-electron chi connectivity index (χ0n) is 14.4. The summed E-state index contributed by atoms with van der Waals surface area (Å²) in [5.41, 5.74) is 2.23. The molecule has 122 valence electrons. The Morgan fingerprint density at radius 1 is 1.32 bits per heavy atom. The van der Waals surface area contributed by atoms with Crippen LogP contribution in [0.5, 0.6) is 5.75 Å². The Hall–Kier alpha value is -1.55. The van der Waals surface area contributed by atoms with E-state index in [1.54, 1.807) is 7.11 Å². The van der Waals surface area contributed by atoms with E-state index in [2.05, 4.69) is 36.7 Å². The van der Waals surface area contributed by atoms with Crippen LogP contribution in [0.4, 0.5) is 0 Å². The van der Waals surface area contributed by atoms with Crippen LogP contribution in [-0.4, -0.2) is 23.2 Å². The minimum absolute atomic E-state index is 0.732. The van der Waals surface area contributed by atoms with E-state index in [0.29, 0.717) is 0 Å². The monoisotopic (exact) mass is 303 g/mol. The maximum atomic E-state index is 5.31. The molecule has 0 aliphatic carbocycles. The molecule has 22 heavy (non-hydrogen) atoms. The zero-order valence-corrected chi connectivity index (χ0v) is 14.4. The molecule has 1 heterocycles. The normalized spacial score (nSPS) is 11.5. The molecular weight excluding hydrogens is 274 g/mol. The van der Waals surface area contributed by atoms with E-state index < -0.39 is 0 Å². The van der Waals surface area contributed by atoms with Gasteiger partial charge in [-0.15, -0.1) is 0 Å². The van der Waals surface area contributed by atoms with Crippen LogP contribution in [0.15, 0.2) is 18.2 Å². The number of aryl methyl sites for hydroxylation is 1. The van der Waals surface area contributed by atoms with Crippen molar-refractivity contribution in [1.82, 2.24) is 14.9 Å². The molecule has 0 fully saturated rings. The number of nitrogens with one attached hydrogen (secondary N) is 1. The number of nitrogens with zero attached hydrogens (tertiary/aromatic N) is 2. The molecule has 0 saturated heterocycles. The molecule has 4 heteroatoms. The van der Waals surface area contributed by atoms with E-state index in [1.807, 2.05) is 12.1 Å². The van der Waals surface area contributed by atoms with Crippen LogP contribution >= 0.6 is 0 Å². The summed E-state index contributed by atoms with van der Waals surface area (Å²) in [6.07, 6.45) is 3.57. The highest BCUT2D eigenvalue weighted by atomic mass is 16.5. The molecule has 0 unspecified atom stereocenters. The Morgan fingerprint density at radius 3 is 2.82 bits per heavy atom. The van der Waals surface area contributed by atoms with Crippen molar-refractivity contribution >= 4 is 11.0 Å². The molecule has 0 atom stereocenters. The second-order valence-corrected chi connectivity index (χ2v) is 6.25. The number of unbranched alkanes of at least 4 members (excludes halogenated alkanes) is 1. The molecule has 4 nitrogen and oxygen atoms in total. The van der Waals surface area contributed by atoms with Gasteiger partial charge in [-0.1, -0.05) is 27.2 Å². The predicted molar refractivity (Wildman–Crippen MR) is 92.4 cm³/mol. The van der Waals surface area contributed by atoms with E-state index >= 15 is 0 Å². The minimum Gasteiger partial charge on any atom is -0.497 e. The number of methoxy groups -OCH3 is 1. The maximum absolute atomic E-state index is 5.31. The van der Waals surface area contributed by atoms with Crippen molar-refractivity contribution in [3.05, 3.63) is 24.0 Å². The quantitative estimate of drug-likeness (QED) is 0.712. The lowest BCUT2D eigenvalue weighted by Gasteiger charge is -2.10. The Kier molecular flexibility index (Phi) is 6.25. The average molecular weight is 303 g/mol. The minimum atomic E-state index is 0.732. The summed E-state index contributed by atoms with van der Waals surface area (Å²) >= 11 is 0. The lowest BCUT2D eigenvalue weighted by molar-refractivity contribution is 0.415. The molecule has 1 N–H and O–H groups in total. The number of hydrogen-bond acceptors (Lipinski definition) is 3. The van der Waals surface area contributed by atoms with Gasteiger partial charge in [-0.3, -0.25) is 0 Å².